The molecular weight excluding hydrogens is 454 g/mol. The highest BCUT2D eigenvalue weighted by molar-refractivity contribution is 7.14. The summed E-state index contributed by atoms with van der Waals surface area (Å²) in [5.74, 6) is 0.614. The van der Waals surface area contributed by atoms with Crippen LogP contribution in [0.2, 0.25) is 0 Å². The summed E-state index contributed by atoms with van der Waals surface area (Å²) in [6, 6.07) is 7.06. The molecule has 5 nitrogen and oxygen atoms in total. The van der Waals surface area contributed by atoms with Gasteiger partial charge >= 0.3 is 0 Å². The number of piperidine rings is 1. The Labute approximate surface area is 215 Å². The van der Waals surface area contributed by atoms with E-state index in [1.54, 1.807) is 11.3 Å². The molecule has 0 bridgehead atoms. The van der Waals surface area contributed by atoms with Crippen LogP contribution in [0.1, 0.15) is 83.8 Å². The van der Waals surface area contributed by atoms with Crippen LogP contribution in [0, 0.1) is 5.92 Å². The van der Waals surface area contributed by atoms with Gasteiger partial charge in [0.25, 0.3) is 0 Å². The molecule has 2 fully saturated rings. The first kappa shape index (κ1) is 25.2. The molecule has 35 heavy (non-hydrogen) atoms. The number of nitrogens with one attached hydrogen (secondary N) is 1. The maximum Gasteiger partial charge on any atom is 0.185 e. The molecule has 1 aliphatic heterocycles. The zero-order valence-electron chi connectivity index (χ0n) is 21.9. The number of fused-ring (bicyclic) bond motifs is 1. The van der Waals surface area contributed by atoms with Crippen LogP contribution in [0.3, 0.4) is 0 Å². The molecule has 1 saturated heterocycles. The van der Waals surface area contributed by atoms with Crippen LogP contribution < -0.4 is 10.2 Å². The van der Waals surface area contributed by atoms with Crippen LogP contribution >= 0.6 is 11.3 Å². The van der Waals surface area contributed by atoms with Crippen LogP contribution in [0.5, 0.6) is 0 Å². The third-order valence-electron chi connectivity index (χ3n) is 9.02. The monoisotopic (exact) mass is 497 g/mol. The number of aliphatic hydroxyl groups is 2. The average molecular weight is 498 g/mol. The molecule has 1 aromatic carbocycles. The Morgan fingerprint density at radius 2 is 1.71 bits per heavy atom. The molecule has 0 spiro atoms. The van der Waals surface area contributed by atoms with Crippen LogP contribution in [0.25, 0.3) is 11.3 Å². The maximum absolute atomic E-state index is 10.2. The molecule has 2 heterocycles. The van der Waals surface area contributed by atoms with Crippen LogP contribution in [-0.2, 0) is 10.8 Å². The van der Waals surface area contributed by atoms with Gasteiger partial charge in [-0.15, -0.1) is 11.3 Å². The van der Waals surface area contributed by atoms with Crippen molar-refractivity contribution in [3.8, 4) is 11.3 Å². The van der Waals surface area contributed by atoms with E-state index in [9.17, 15) is 10.2 Å². The highest BCUT2D eigenvalue weighted by Gasteiger charge is 2.37. The minimum atomic E-state index is -0.627. The van der Waals surface area contributed by atoms with Crippen molar-refractivity contribution in [1.29, 1.82) is 0 Å². The summed E-state index contributed by atoms with van der Waals surface area (Å²) in [5, 5.41) is 27.1. The van der Waals surface area contributed by atoms with Gasteiger partial charge in [0.1, 0.15) is 0 Å². The van der Waals surface area contributed by atoms with E-state index < -0.39 is 12.2 Å². The smallest absolute Gasteiger partial charge is 0.185 e. The number of thiazole rings is 1. The zero-order valence-corrected chi connectivity index (χ0v) is 22.7. The molecular formula is C29H43N3O2S. The molecule has 6 heteroatoms. The van der Waals surface area contributed by atoms with E-state index in [0.29, 0.717) is 5.92 Å². The fourth-order valence-electron chi connectivity index (χ4n) is 6.32. The molecule has 1 saturated carbocycles. The summed E-state index contributed by atoms with van der Waals surface area (Å²) in [7, 11) is 0. The van der Waals surface area contributed by atoms with Crippen LogP contribution in [0.15, 0.2) is 23.6 Å². The average Bonchev–Trinajstić information content (AvgIpc) is 3.34. The van der Waals surface area contributed by atoms with E-state index in [1.807, 2.05) is 0 Å². The van der Waals surface area contributed by atoms with Gasteiger partial charge in [-0.3, -0.25) is 0 Å². The lowest BCUT2D eigenvalue weighted by Gasteiger charge is -2.42. The summed E-state index contributed by atoms with van der Waals surface area (Å²) < 4.78 is 0. The summed E-state index contributed by atoms with van der Waals surface area (Å²) in [6.07, 6.45) is 6.19. The predicted octanol–water partition coefficient (Wildman–Crippen LogP) is 5.24. The van der Waals surface area contributed by atoms with Crippen LogP contribution in [-0.4, -0.2) is 53.1 Å². The molecule has 3 N–H and O–H groups in total. The first-order chi connectivity index (χ1) is 16.6. The van der Waals surface area contributed by atoms with Crippen molar-refractivity contribution in [1.82, 2.24) is 10.3 Å². The normalized spacial score (nSPS) is 28.6. The Bertz CT molecular complexity index is 1020. The van der Waals surface area contributed by atoms with E-state index in [-0.39, 0.29) is 16.9 Å². The number of hydrogen-bond donors (Lipinski definition) is 3. The Balaban J connectivity index is 1.20. The first-order valence-electron chi connectivity index (χ1n) is 13.6. The van der Waals surface area contributed by atoms with Gasteiger partial charge in [-0.25, -0.2) is 4.98 Å². The third kappa shape index (κ3) is 5.18. The van der Waals surface area contributed by atoms with Gasteiger partial charge in [-0.1, -0.05) is 39.8 Å². The number of anilines is 1. The lowest BCUT2D eigenvalue weighted by atomic mass is 9.63. The summed E-state index contributed by atoms with van der Waals surface area (Å²) in [4.78, 5) is 7.51. The number of hydrogen-bond acceptors (Lipinski definition) is 6. The summed E-state index contributed by atoms with van der Waals surface area (Å²) in [5.41, 5.74) is 5.78. The fraction of sp³-hybridized carbons (Fsp3) is 0.690. The van der Waals surface area contributed by atoms with Crippen molar-refractivity contribution in [3.05, 3.63) is 34.7 Å². The number of benzene rings is 1. The first-order valence-corrected chi connectivity index (χ1v) is 14.5. The number of nitrogens with zero attached hydrogens (tertiary/aromatic N) is 2. The maximum atomic E-state index is 10.2. The Morgan fingerprint density at radius 3 is 2.46 bits per heavy atom. The number of rotatable bonds is 5. The molecule has 0 amide bonds. The van der Waals surface area contributed by atoms with E-state index in [2.05, 4.69) is 61.5 Å². The molecule has 0 radical (unpaired) electrons. The number of aliphatic hydroxyl groups excluding tert-OH is 2. The zero-order chi connectivity index (χ0) is 24.8. The molecule has 3 atom stereocenters. The van der Waals surface area contributed by atoms with E-state index in [1.165, 1.54) is 29.5 Å². The minimum absolute atomic E-state index is 0.0328. The second-order valence-electron chi connectivity index (χ2n) is 12.5. The summed E-state index contributed by atoms with van der Waals surface area (Å²) in [6.45, 7) is 12.5. The molecule has 3 unspecified atom stereocenters. The topological polar surface area (TPSA) is 68.6 Å². The largest absolute Gasteiger partial charge is 0.390 e. The third-order valence-corrected chi connectivity index (χ3v) is 9.92. The van der Waals surface area contributed by atoms with E-state index >= 15 is 0 Å². The van der Waals surface area contributed by atoms with E-state index in [4.69, 9.17) is 4.98 Å². The second kappa shape index (κ2) is 9.77. The quantitative estimate of drug-likeness (QED) is 0.527. The Kier molecular flexibility index (Phi) is 7.03. The van der Waals surface area contributed by atoms with Gasteiger partial charge in [0.15, 0.2) is 5.13 Å². The lowest BCUT2D eigenvalue weighted by molar-refractivity contribution is -0.0301. The molecule has 3 aliphatic rings. The second-order valence-corrected chi connectivity index (χ2v) is 13.3. The molecule has 2 aliphatic carbocycles. The van der Waals surface area contributed by atoms with Crippen LogP contribution in [0.4, 0.5) is 5.13 Å². The SMILES string of the molecule is CC1(C)CCC(C)(C)c2cc(-c3csc(N4CCC(CNC5CCCC(O)C5O)CC4)n3)ccc21. The van der Waals surface area contributed by atoms with Crippen molar-refractivity contribution >= 4 is 16.5 Å². The highest BCUT2D eigenvalue weighted by Crippen LogP contribution is 2.47. The van der Waals surface area contributed by atoms with Gasteiger partial charge in [0, 0.05) is 30.1 Å². The number of aromatic nitrogens is 1. The van der Waals surface area contributed by atoms with Gasteiger partial charge < -0.3 is 20.4 Å². The molecule has 1 aromatic heterocycles. The van der Waals surface area contributed by atoms with Crippen molar-refractivity contribution in [2.45, 2.75) is 102 Å². The van der Waals surface area contributed by atoms with Gasteiger partial charge in [-0.2, -0.15) is 0 Å². The van der Waals surface area contributed by atoms with Crippen molar-refractivity contribution in [2.24, 2.45) is 5.92 Å². The molecule has 2 aromatic rings. The standard InChI is InChI=1S/C29H43N3O2S/c1-28(2)12-13-29(3,4)22-16-20(8-9-21(22)28)24-18-35-27(31-24)32-14-10-19(11-15-32)17-30-23-6-5-7-25(33)26(23)34/h8-9,16,18-19,23,25-26,30,33-34H,5-7,10-15,17H2,1-4H3. The summed E-state index contributed by atoms with van der Waals surface area (Å²) >= 11 is 1.76. The Morgan fingerprint density at radius 1 is 1.00 bits per heavy atom. The highest BCUT2D eigenvalue weighted by atomic mass is 32.1. The van der Waals surface area contributed by atoms with Gasteiger partial charge in [0.2, 0.25) is 0 Å². The molecule has 5 rings (SSSR count). The Hall–Kier alpha value is -1.47. The van der Waals surface area contributed by atoms with E-state index in [0.717, 1.165) is 62.6 Å². The van der Waals surface area contributed by atoms with Gasteiger partial charge in [-0.05, 0) is 85.4 Å². The predicted molar refractivity (Wildman–Crippen MR) is 145 cm³/mol. The molecule has 192 valence electrons. The van der Waals surface area contributed by atoms with Gasteiger partial charge in [0.05, 0.1) is 17.9 Å². The lowest BCUT2D eigenvalue weighted by Crippen LogP contribution is -2.50. The van der Waals surface area contributed by atoms with Crippen molar-refractivity contribution in [2.75, 3.05) is 24.5 Å². The van der Waals surface area contributed by atoms with Crippen molar-refractivity contribution in [3.63, 3.8) is 0 Å². The fourth-order valence-corrected chi connectivity index (χ4v) is 7.20. The minimum Gasteiger partial charge on any atom is -0.390 e. The van der Waals surface area contributed by atoms with Crippen molar-refractivity contribution < 1.29 is 10.2 Å².